The third-order valence-electron chi connectivity index (χ3n) is 9.29. The molecule has 2 aromatic carbocycles. The van der Waals surface area contributed by atoms with Gasteiger partial charge < -0.3 is 19.8 Å². The molecule has 2 fully saturated rings. The van der Waals surface area contributed by atoms with E-state index in [0.29, 0.717) is 48.7 Å². The van der Waals surface area contributed by atoms with Gasteiger partial charge >= 0.3 is 0 Å². The number of aromatic nitrogens is 4. The number of aromatic amines is 2. The molecule has 11 heteroatoms. The third-order valence-corrected chi connectivity index (χ3v) is 10.3. The van der Waals surface area contributed by atoms with E-state index in [9.17, 15) is 9.59 Å². The van der Waals surface area contributed by atoms with Crippen molar-refractivity contribution in [2.45, 2.75) is 77.1 Å². The number of thioether (sulfide) groups is 1. The van der Waals surface area contributed by atoms with E-state index in [2.05, 4.69) is 19.9 Å². The average molecular weight is 675 g/mol. The zero-order valence-electron chi connectivity index (χ0n) is 28.2. The van der Waals surface area contributed by atoms with Gasteiger partial charge in [0, 0.05) is 42.3 Å². The largest absolute Gasteiger partial charge is 0.333 e. The topological polar surface area (TPSA) is 98.0 Å². The van der Waals surface area contributed by atoms with Gasteiger partial charge in [-0.05, 0) is 48.5 Å². The Balaban J connectivity index is 1.17. The minimum Gasteiger partial charge on any atom is -0.333 e. The molecule has 254 valence electrons. The summed E-state index contributed by atoms with van der Waals surface area (Å²) in [7, 11) is 0. The number of hydrogen-bond acceptors (Lipinski definition) is 5. The average Bonchev–Trinajstić information content (AvgIpc) is 3.86. The summed E-state index contributed by atoms with van der Waals surface area (Å²) < 4.78 is 30.4. The first kappa shape index (κ1) is 33.9. The molecule has 2 aliphatic rings. The fourth-order valence-corrected chi connectivity index (χ4v) is 7.55. The van der Waals surface area contributed by atoms with Crippen molar-refractivity contribution < 1.29 is 18.4 Å². The Morgan fingerprint density at radius 2 is 1.23 bits per heavy atom. The molecule has 3 unspecified atom stereocenters. The van der Waals surface area contributed by atoms with Crippen molar-refractivity contribution in [3.8, 4) is 33.6 Å². The van der Waals surface area contributed by atoms with Gasteiger partial charge in [0.05, 0.1) is 12.1 Å². The SMILES string of the molecule is CSC1CC(c2nc(-c3ccc(-c4ccc(-c5nc(C6CCCN6C(=O)CC(C)C)[nH]c5F)cc4)cc3)c(F)[nH]2)N(C(=O)CC(C)C)C1. The second-order valence-corrected chi connectivity index (χ2v) is 15.0. The summed E-state index contributed by atoms with van der Waals surface area (Å²) in [6.07, 6.45) is 5.30. The summed E-state index contributed by atoms with van der Waals surface area (Å²) in [5.41, 5.74) is 3.56. The van der Waals surface area contributed by atoms with Crippen LogP contribution in [0.2, 0.25) is 0 Å². The molecule has 4 aromatic rings. The van der Waals surface area contributed by atoms with E-state index in [-0.39, 0.29) is 52.4 Å². The molecular weight excluding hydrogens is 631 g/mol. The van der Waals surface area contributed by atoms with Crippen LogP contribution in [0.15, 0.2) is 48.5 Å². The van der Waals surface area contributed by atoms with Gasteiger partial charge in [0.2, 0.25) is 23.7 Å². The first-order valence-corrected chi connectivity index (χ1v) is 18.1. The Morgan fingerprint density at radius 3 is 1.71 bits per heavy atom. The highest BCUT2D eigenvalue weighted by molar-refractivity contribution is 7.99. The van der Waals surface area contributed by atoms with Gasteiger partial charge in [0.1, 0.15) is 23.0 Å². The van der Waals surface area contributed by atoms with Crippen LogP contribution < -0.4 is 0 Å². The molecule has 2 amide bonds. The van der Waals surface area contributed by atoms with Crippen molar-refractivity contribution in [3.05, 3.63) is 72.1 Å². The minimum absolute atomic E-state index is 0.0739. The molecule has 6 rings (SSSR count). The molecule has 0 bridgehead atoms. The van der Waals surface area contributed by atoms with Crippen molar-refractivity contribution in [3.63, 3.8) is 0 Å². The maximum Gasteiger partial charge on any atom is 0.223 e. The highest BCUT2D eigenvalue weighted by Gasteiger charge is 2.38. The van der Waals surface area contributed by atoms with Gasteiger partial charge in [-0.15, -0.1) is 0 Å². The number of halogens is 2. The number of carbonyl (C=O) groups excluding carboxylic acids is 2. The lowest BCUT2D eigenvalue weighted by Gasteiger charge is -2.24. The number of hydrogen-bond donors (Lipinski definition) is 2. The maximum absolute atomic E-state index is 15.3. The number of nitrogens with one attached hydrogen (secondary N) is 2. The van der Waals surface area contributed by atoms with Crippen LogP contribution in [0.4, 0.5) is 8.78 Å². The lowest BCUT2D eigenvalue weighted by Crippen LogP contribution is -2.32. The van der Waals surface area contributed by atoms with Gasteiger partial charge in [-0.1, -0.05) is 76.2 Å². The Labute approximate surface area is 285 Å². The first-order chi connectivity index (χ1) is 23.0. The Kier molecular flexibility index (Phi) is 10.1. The molecule has 4 heterocycles. The Hall–Kier alpha value is -3.99. The van der Waals surface area contributed by atoms with E-state index in [1.165, 1.54) is 0 Å². The van der Waals surface area contributed by atoms with E-state index >= 15 is 8.78 Å². The number of nitrogens with zero attached hydrogens (tertiary/aromatic N) is 4. The van der Waals surface area contributed by atoms with Crippen molar-refractivity contribution in [1.82, 2.24) is 29.7 Å². The Morgan fingerprint density at radius 1 is 0.771 bits per heavy atom. The van der Waals surface area contributed by atoms with Crippen LogP contribution in [0.1, 0.15) is 83.5 Å². The van der Waals surface area contributed by atoms with E-state index in [1.54, 1.807) is 11.8 Å². The molecule has 0 saturated carbocycles. The highest BCUT2D eigenvalue weighted by atomic mass is 32.2. The van der Waals surface area contributed by atoms with Crippen molar-refractivity contribution in [1.29, 1.82) is 0 Å². The maximum atomic E-state index is 15.3. The second kappa shape index (κ2) is 14.2. The van der Waals surface area contributed by atoms with Gasteiger partial charge in [0.25, 0.3) is 0 Å². The number of amides is 2. The highest BCUT2D eigenvalue weighted by Crippen LogP contribution is 2.38. The summed E-state index contributed by atoms with van der Waals surface area (Å²) in [5.74, 6) is 0.579. The number of likely N-dealkylation sites (tertiary alicyclic amines) is 2. The minimum atomic E-state index is -0.517. The van der Waals surface area contributed by atoms with Crippen LogP contribution in [0, 0.1) is 23.7 Å². The zero-order valence-corrected chi connectivity index (χ0v) is 29.0. The van der Waals surface area contributed by atoms with E-state index in [4.69, 9.17) is 0 Å². The van der Waals surface area contributed by atoms with Crippen LogP contribution in [0.25, 0.3) is 33.6 Å². The number of carbonyl (C=O) groups is 2. The van der Waals surface area contributed by atoms with E-state index < -0.39 is 11.9 Å². The van der Waals surface area contributed by atoms with Crippen molar-refractivity contribution in [2.75, 3.05) is 19.3 Å². The molecule has 8 nitrogen and oxygen atoms in total. The molecule has 0 aliphatic carbocycles. The van der Waals surface area contributed by atoms with Crippen molar-refractivity contribution in [2.24, 2.45) is 11.8 Å². The molecule has 2 saturated heterocycles. The predicted molar refractivity (Wildman–Crippen MR) is 186 cm³/mol. The lowest BCUT2D eigenvalue weighted by atomic mass is 10.0. The van der Waals surface area contributed by atoms with Gasteiger partial charge in [0.15, 0.2) is 0 Å². The number of benzene rings is 2. The molecule has 48 heavy (non-hydrogen) atoms. The third kappa shape index (κ3) is 7.06. The summed E-state index contributed by atoms with van der Waals surface area (Å²) in [4.78, 5) is 44.4. The normalized spacial score (nSPS) is 19.6. The van der Waals surface area contributed by atoms with Crippen LogP contribution >= 0.6 is 11.8 Å². The summed E-state index contributed by atoms with van der Waals surface area (Å²) in [5, 5.41) is 0.280. The van der Waals surface area contributed by atoms with Gasteiger partial charge in [-0.3, -0.25) is 9.59 Å². The predicted octanol–water partition coefficient (Wildman–Crippen LogP) is 8.17. The fourth-order valence-electron chi connectivity index (χ4n) is 6.86. The standard InChI is InChI=1S/C37H44F2N6O2S/c1-21(2)17-30(46)44-16-6-7-28(44)36-40-32(34(38)42-36)25-12-8-23(9-13-25)24-10-14-26(15-11-24)33-35(39)43-37(41-33)29-19-27(48-5)20-45(29)31(47)18-22(3)4/h8-15,21-22,27-29H,6-7,16-20H2,1-5H3,(H,40,42)(H,41,43). The molecule has 2 aliphatic heterocycles. The van der Waals surface area contributed by atoms with Crippen LogP contribution in [-0.4, -0.2) is 66.1 Å². The number of imidazole rings is 2. The summed E-state index contributed by atoms with van der Waals surface area (Å²) in [6, 6.07) is 14.4. The van der Waals surface area contributed by atoms with Crippen molar-refractivity contribution >= 4 is 23.6 Å². The summed E-state index contributed by atoms with van der Waals surface area (Å²) in [6.45, 7) is 9.38. The van der Waals surface area contributed by atoms with Crippen LogP contribution in [0.5, 0.6) is 0 Å². The second-order valence-electron chi connectivity index (χ2n) is 13.8. The van der Waals surface area contributed by atoms with E-state index in [0.717, 1.165) is 30.4 Å². The van der Waals surface area contributed by atoms with Crippen LogP contribution in [-0.2, 0) is 9.59 Å². The van der Waals surface area contributed by atoms with Gasteiger partial charge in [-0.2, -0.15) is 20.5 Å². The lowest BCUT2D eigenvalue weighted by molar-refractivity contribution is -0.133. The first-order valence-electron chi connectivity index (χ1n) is 16.9. The Bertz CT molecular complexity index is 1750. The quantitative estimate of drug-likeness (QED) is 0.177. The molecule has 0 radical (unpaired) electrons. The monoisotopic (exact) mass is 674 g/mol. The molecule has 3 atom stereocenters. The molecule has 0 spiro atoms. The molecular formula is C37H44F2N6O2S. The summed E-state index contributed by atoms with van der Waals surface area (Å²) >= 11 is 1.72. The van der Waals surface area contributed by atoms with Gasteiger partial charge in [-0.25, -0.2) is 9.97 Å². The fraction of sp³-hybridized carbons (Fsp3) is 0.459. The molecule has 2 N–H and O–H groups in total. The zero-order chi connectivity index (χ0) is 34.1. The van der Waals surface area contributed by atoms with E-state index in [1.807, 2.05) is 92.3 Å². The number of H-pyrrole nitrogens is 2. The smallest absolute Gasteiger partial charge is 0.223 e. The number of rotatable bonds is 10. The van der Waals surface area contributed by atoms with Crippen LogP contribution in [0.3, 0.4) is 0 Å². The molecule has 2 aromatic heterocycles.